The number of hydrogen-bond donors (Lipinski definition) is 4. The molecule has 28 heteroatoms. The van der Waals surface area contributed by atoms with Crippen LogP contribution in [0.25, 0.3) is 66.8 Å². The molecule has 15 rings (SSSR count). The van der Waals surface area contributed by atoms with Crippen LogP contribution >= 0.6 is 126 Å². The number of hydrogen-bond acceptors (Lipinski definition) is 23. The first-order chi connectivity index (χ1) is 61.9. The fourth-order valence-corrected chi connectivity index (χ4v) is 20.5. The van der Waals surface area contributed by atoms with Crippen molar-refractivity contribution in [3.8, 4) is 79.2 Å². The van der Waals surface area contributed by atoms with Crippen molar-refractivity contribution in [1.82, 2.24) is 55.5 Å². The third-order valence-corrected chi connectivity index (χ3v) is 28.8. The van der Waals surface area contributed by atoms with E-state index in [0.29, 0.717) is 18.2 Å². The average Bonchev–Trinajstić information content (AvgIpc) is 1.31. The van der Waals surface area contributed by atoms with Crippen LogP contribution in [0.15, 0.2) is 352 Å². The van der Waals surface area contributed by atoms with Gasteiger partial charge < -0.3 is 37.2 Å². The van der Waals surface area contributed by atoms with Gasteiger partial charge in [0, 0.05) is 131 Å². The zero-order valence-corrected chi connectivity index (χ0v) is 81.2. The number of terminal acetylenes is 1. The Morgan fingerprint density at radius 2 is 0.843 bits per heavy atom. The van der Waals surface area contributed by atoms with Crippen molar-refractivity contribution in [3.63, 3.8) is 0 Å². The standard InChI is InChI=1S/C43H32S2.C16H22N2S2.C14H16N2S2.C13H22N10S2.C8H10OS.C3H7NS.C2H2S.H2O.2H2/c1-44-45-43-23-11-22-39(30-43)35-18-10-21-38(26-35)42-28-40(36-19-8-16-33(24-36)31-12-4-2-5-13-31)27-41(29-42)37-20-9-17-34(25-37)32-14-6-3-7-15-32;1-3-7-17(8-4-1)11-13-19-15-16-20-14-12-18-9-5-2-6-10-18;15-11-1-5-13(6-2-11)17-9-10-18-14-7-3-12(16)4-8-14;1-5-20(4)8-10-22-12(14-16-18-22)24-25-13-15-17-19-23(13)11-9-21(6-2)7-3;9-6-7-10-8-4-2-1-3-5-8;1-2-5-3-4-1;1-2-3;;;/h2-30H,1H3;1-10H,11-16H2;1-8H,9-10,15-16H2;2H,5,7-11H2,1,3-4H3;1-5,9H,6-7H2;4H,1-3H2;1H2;1H2;2*1H/q;+2;;;;;;;;. The number of aliphatic hydroxyl groups is 1. The summed E-state index contributed by atoms with van der Waals surface area (Å²) in [5.74, 6) is 10.3. The summed E-state index contributed by atoms with van der Waals surface area (Å²) in [5, 5.41) is 38.8. The maximum atomic E-state index is 8.51. The summed E-state index contributed by atoms with van der Waals surface area (Å²) in [6, 6.07) is 105. The molecule has 8 N–H and O–H groups in total. The number of thiocarbonyl (C=S) groups is 1. The van der Waals surface area contributed by atoms with Crippen LogP contribution in [0.4, 0.5) is 11.4 Å². The number of tetrazole rings is 2. The number of aromatic nitrogens is 10. The quantitative estimate of drug-likeness (QED) is 0.00419. The zero-order chi connectivity index (χ0) is 88.7. The van der Waals surface area contributed by atoms with Gasteiger partial charge in [-0.3, -0.25) is 0 Å². The Bertz CT molecular complexity index is 5230. The van der Waals surface area contributed by atoms with Gasteiger partial charge in [0.25, 0.3) is 0 Å². The van der Waals surface area contributed by atoms with Gasteiger partial charge in [-0.2, -0.15) is 23.5 Å². The number of pyridine rings is 2. The Morgan fingerprint density at radius 3 is 1.24 bits per heavy atom. The number of aliphatic hydroxyl groups excluding tert-OH is 1. The Hall–Kier alpha value is -9.19. The number of nitrogen functional groups attached to an aromatic ring is 2. The van der Waals surface area contributed by atoms with Crippen molar-refractivity contribution in [2.45, 2.75) is 69.9 Å². The molecule has 0 radical (unpaired) electrons. The second-order valence-corrected chi connectivity index (χ2v) is 39.4. The number of nitrogens with one attached hydrogen (secondary N) is 1. The van der Waals surface area contributed by atoms with Crippen LogP contribution in [0.3, 0.4) is 0 Å². The van der Waals surface area contributed by atoms with Gasteiger partial charge in [-0.25, -0.2) is 18.5 Å². The van der Waals surface area contributed by atoms with Crippen molar-refractivity contribution >= 4 is 142 Å². The van der Waals surface area contributed by atoms with E-state index < -0.39 is 0 Å². The molecule has 0 aliphatic carbocycles. The Kier molecular flexibility index (Phi) is 50.5. The minimum atomic E-state index is 0. The lowest BCUT2D eigenvalue weighted by atomic mass is 9.90. The lowest BCUT2D eigenvalue weighted by Crippen LogP contribution is -2.33. The van der Waals surface area contributed by atoms with Crippen LogP contribution in [0.5, 0.6) is 0 Å². The fraction of sp³-hybridized carbons (Fsp3) is 0.232. The molecule has 14 aromatic rings. The molecule has 0 unspecified atom stereocenters. The first-order valence-corrected chi connectivity index (χ1v) is 52.8. The summed E-state index contributed by atoms with van der Waals surface area (Å²) in [6.07, 6.45) is 16.1. The molecule has 664 valence electrons. The predicted molar refractivity (Wildman–Crippen MR) is 562 cm³/mol. The number of thioether (sulfide) groups is 6. The molecule has 1 aliphatic heterocycles. The van der Waals surface area contributed by atoms with Crippen LogP contribution in [-0.2, 0) is 26.2 Å². The number of benzene rings is 10. The summed E-state index contributed by atoms with van der Waals surface area (Å²) >= 11 is 15.5. The second-order valence-electron chi connectivity index (χ2n) is 27.6. The molecule has 127 heavy (non-hydrogen) atoms. The van der Waals surface area contributed by atoms with E-state index in [0.717, 1.165) is 73.1 Å². The van der Waals surface area contributed by atoms with E-state index in [1.165, 1.54) is 149 Å². The average molecular weight is 1900 g/mol. The molecule has 1 fully saturated rings. The van der Waals surface area contributed by atoms with Crippen molar-refractivity contribution in [3.05, 3.63) is 323 Å². The minimum Gasteiger partial charge on any atom is -0.412 e. The first kappa shape index (κ1) is 103. The molecule has 0 amide bonds. The number of nitrogens with two attached hydrogens (primary N) is 2. The highest BCUT2D eigenvalue weighted by molar-refractivity contribution is 8.76. The van der Waals surface area contributed by atoms with Crippen molar-refractivity contribution in [2.75, 3.05) is 116 Å². The molecular weight excluding hydrogens is 1780 g/mol. The van der Waals surface area contributed by atoms with Gasteiger partial charge in [0.2, 0.25) is 10.3 Å². The van der Waals surface area contributed by atoms with E-state index >= 15 is 0 Å². The number of aryl methyl sites for hydroxylation is 2. The summed E-state index contributed by atoms with van der Waals surface area (Å²) in [6.45, 7) is 15.6. The van der Waals surface area contributed by atoms with E-state index in [9.17, 15) is 0 Å². The molecule has 17 nitrogen and oxygen atoms in total. The van der Waals surface area contributed by atoms with E-state index in [1.807, 2.05) is 125 Å². The molecule has 0 spiro atoms. The lowest BCUT2D eigenvalue weighted by Gasteiger charge is -2.14. The van der Waals surface area contributed by atoms with Crippen molar-refractivity contribution < 1.29 is 22.6 Å². The van der Waals surface area contributed by atoms with Gasteiger partial charge in [0.15, 0.2) is 37.9 Å². The van der Waals surface area contributed by atoms with Crippen LogP contribution in [-0.4, -0.2) is 170 Å². The highest BCUT2D eigenvalue weighted by atomic mass is 33.1. The maximum absolute atomic E-state index is 8.51. The van der Waals surface area contributed by atoms with Gasteiger partial charge in [-0.15, -0.1) is 57.2 Å². The van der Waals surface area contributed by atoms with Crippen LogP contribution in [0.2, 0.25) is 0 Å². The Balaban J connectivity index is 0.000000261. The van der Waals surface area contributed by atoms with Gasteiger partial charge in [0.1, 0.15) is 0 Å². The monoisotopic (exact) mass is 1900 g/mol. The van der Waals surface area contributed by atoms with Crippen molar-refractivity contribution in [1.29, 1.82) is 0 Å². The van der Waals surface area contributed by atoms with Gasteiger partial charge in [-0.1, -0.05) is 198 Å². The van der Waals surface area contributed by atoms with E-state index in [-0.39, 0.29) is 14.9 Å². The Labute approximate surface area is 801 Å². The molecule has 5 heterocycles. The SMILES string of the molecule is C#CN(CC)CCn1nnnc1SSc1nnnn1CCN(C)CC.C1CSCN1.C=C=S.CSSc1cccc(-c2cccc(-c3cc(-c4cccc(-c5ccccc5)c4)cc(-c4cccc(-c5ccccc5)c4)c3)c2)c1.Nc1ccc(SCCSc2ccc(N)cc2)cc1.O.OCCSc1ccccc1.[HH].[HH].c1cc[n+](CCSCCSCC[n+]2ccccc2)cc1. The fourth-order valence-electron chi connectivity index (χ4n) is 12.0. The molecule has 0 atom stereocenters. The third-order valence-electron chi connectivity index (χ3n) is 18.7. The van der Waals surface area contributed by atoms with Gasteiger partial charge >= 0.3 is 0 Å². The van der Waals surface area contributed by atoms with Crippen LogP contribution in [0.1, 0.15) is 16.7 Å². The van der Waals surface area contributed by atoms with E-state index in [2.05, 4.69) is 362 Å². The van der Waals surface area contributed by atoms with Crippen molar-refractivity contribution in [2.24, 2.45) is 0 Å². The van der Waals surface area contributed by atoms with E-state index in [4.69, 9.17) is 23.0 Å². The van der Waals surface area contributed by atoms with Gasteiger partial charge in [-0.05, 0) is 264 Å². The third kappa shape index (κ3) is 39.3. The zero-order valence-electron chi connectivity index (χ0n) is 72.2. The molecule has 0 bridgehead atoms. The number of rotatable bonds is 36. The van der Waals surface area contributed by atoms with Crippen LogP contribution in [0, 0.1) is 12.5 Å². The maximum Gasteiger partial charge on any atom is 0.220 e. The summed E-state index contributed by atoms with van der Waals surface area (Å²) in [4.78, 5) is 9.09. The van der Waals surface area contributed by atoms with Gasteiger partial charge in [0.05, 0.1) is 31.2 Å². The number of likely N-dealkylation sites (N-methyl/N-ethyl adjacent to an activating group) is 2. The molecule has 0 saturated carbocycles. The summed E-state index contributed by atoms with van der Waals surface area (Å²) < 4.78 is 8.00. The molecular formula is C99H117N15O2S11+2. The second kappa shape index (κ2) is 62.1. The smallest absolute Gasteiger partial charge is 0.220 e. The normalized spacial score (nSPS) is 11.0. The topological polar surface area (TPSA) is 217 Å². The highest BCUT2D eigenvalue weighted by Gasteiger charge is 2.16. The predicted octanol–water partition coefficient (Wildman–Crippen LogP) is 22.0. The highest BCUT2D eigenvalue weighted by Crippen LogP contribution is 2.39. The summed E-state index contributed by atoms with van der Waals surface area (Å²) in [5.41, 5.74) is 27.5. The molecule has 1 saturated heterocycles. The minimum absolute atomic E-state index is 0. The molecule has 10 aromatic carbocycles. The van der Waals surface area contributed by atoms with Crippen LogP contribution < -0.4 is 25.9 Å². The number of nitrogens with zero attached hydrogens (tertiary/aromatic N) is 12. The first-order valence-electron chi connectivity index (χ1n) is 41.3. The Morgan fingerprint density at radius 1 is 0.472 bits per heavy atom. The summed E-state index contributed by atoms with van der Waals surface area (Å²) in [7, 11) is 8.51. The largest absolute Gasteiger partial charge is 0.412 e. The lowest BCUT2D eigenvalue weighted by molar-refractivity contribution is -0.692. The molecule has 4 aromatic heterocycles. The molecule has 1 aliphatic rings. The number of anilines is 2. The van der Waals surface area contributed by atoms with E-state index in [1.54, 1.807) is 42.7 Å².